The molecule has 0 spiro atoms. The molecule has 0 atom stereocenters. The van der Waals surface area contributed by atoms with Crippen LogP contribution >= 0.6 is 0 Å². The summed E-state index contributed by atoms with van der Waals surface area (Å²) in [6, 6.07) is 13.4. The van der Waals surface area contributed by atoms with Gasteiger partial charge in [0.1, 0.15) is 11.8 Å². The molecule has 0 unspecified atom stereocenters. The molecule has 1 aliphatic carbocycles. The molecule has 3 rings (SSSR count). The Kier molecular flexibility index (Phi) is 6.81. The molecule has 0 aliphatic heterocycles. The predicted molar refractivity (Wildman–Crippen MR) is 115 cm³/mol. The highest BCUT2D eigenvalue weighted by Gasteiger charge is 2.23. The second kappa shape index (κ2) is 9.50. The summed E-state index contributed by atoms with van der Waals surface area (Å²) >= 11 is 0. The second-order valence-electron chi connectivity index (χ2n) is 7.98. The minimum Gasteiger partial charge on any atom is -0.454 e. The summed E-state index contributed by atoms with van der Waals surface area (Å²) in [5.74, 6) is 2.49. The normalized spacial score (nSPS) is 19.1. The Balaban J connectivity index is 1.66. The molecule has 1 saturated carbocycles. The van der Waals surface area contributed by atoms with Crippen molar-refractivity contribution in [3.05, 3.63) is 47.5 Å². The van der Waals surface area contributed by atoms with E-state index in [1.165, 1.54) is 56.9 Å². The molecule has 0 saturated heterocycles. The number of hydrogen-bond donors (Lipinski definition) is 2. The lowest BCUT2D eigenvalue weighted by molar-refractivity contribution is 0.302. The molecule has 4 N–H and O–H groups in total. The first-order valence-corrected chi connectivity index (χ1v) is 10.5. The Labute approximate surface area is 168 Å². The van der Waals surface area contributed by atoms with Gasteiger partial charge < -0.3 is 16.2 Å². The number of ether oxygens (including phenoxy) is 1. The number of anilines is 2. The molecular formula is C24H31N3O. The van der Waals surface area contributed by atoms with Crippen LogP contribution in [0.25, 0.3) is 0 Å². The van der Waals surface area contributed by atoms with Crippen molar-refractivity contribution < 1.29 is 4.74 Å². The molecule has 0 bridgehead atoms. The maximum Gasteiger partial charge on any atom is 0.150 e. The molecule has 4 heteroatoms. The molecule has 1 aliphatic rings. The Bertz CT molecular complexity index is 832. The maximum atomic E-state index is 9.61. The van der Waals surface area contributed by atoms with Crippen LogP contribution in [0.2, 0.25) is 0 Å². The van der Waals surface area contributed by atoms with Crippen LogP contribution in [-0.4, -0.2) is 0 Å². The Morgan fingerprint density at radius 1 is 1.00 bits per heavy atom. The van der Waals surface area contributed by atoms with Crippen molar-refractivity contribution in [1.82, 2.24) is 0 Å². The van der Waals surface area contributed by atoms with Gasteiger partial charge >= 0.3 is 0 Å². The van der Waals surface area contributed by atoms with E-state index in [0.29, 0.717) is 34.4 Å². The smallest absolute Gasteiger partial charge is 0.150 e. The van der Waals surface area contributed by atoms with E-state index in [0.717, 1.165) is 5.92 Å². The predicted octanol–water partition coefficient (Wildman–Crippen LogP) is 6.37. The average Bonchev–Trinajstić information content (AvgIpc) is 2.71. The van der Waals surface area contributed by atoms with Crippen LogP contribution in [0.3, 0.4) is 0 Å². The van der Waals surface area contributed by atoms with Crippen LogP contribution in [0.1, 0.15) is 75.3 Å². The highest BCUT2D eigenvalue weighted by atomic mass is 16.5. The fourth-order valence-electron chi connectivity index (χ4n) is 4.22. The SMILES string of the molecule is CCCCCC1CCC(c2ccc(Oc3ccc(N)cc3N)c(C#N)c2)CC1. The third kappa shape index (κ3) is 4.98. The van der Waals surface area contributed by atoms with Crippen LogP contribution in [0.4, 0.5) is 11.4 Å². The largest absolute Gasteiger partial charge is 0.454 e. The van der Waals surface area contributed by atoms with E-state index in [1.54, 1.807) is 18.2 Å². The number of rotatable bonds is 7. The van der Waals surface area contributed by atoms with Gasteiger partial charge in [0.15, 0.2) is 5.75 Å². The van der Waals surface area contributed by atoms with Crippen molar-refractivity contribution in [2.75, 3.05) is 11.5 Å². The van der Waals surface area contributed by atoms with Crippen molar-refractivity contribution in [2.45, 2.75) is 64.2 Å². The van der Waals surface area contributed by atoms with Crippen LogP contribution in [0.15, 0.2) is 36.4 Å². The number of nitriles is 1. The Morgan fingerprint density at radius 2 is 1.75 bits per heavy atom. The highest BCUT2D eigenvalue weighted by molar-refractivity contribution is 5.62. The lowest BCUT2D eigenvalue weighted by Crippen LogP contribution is -2.13. The van der Waals surface area contributed by atoms with Crippen molar-refractivity contribution in [1.29, 1.82) is 5.26 Å². The summed E-state index contributed by atoms with van der Waals surface area (Å²) in [5.41, 5.74) is 14.6. The van der Waals surface area contributed by atoms with Gasteiger partial charge in [-0.2, -0.15) is 5.26 Å². The lowest BCUT2D eigenvalue weighted by Gasteiger charge is -2.29. The standard InChI is InChI=1S/C24H31N3O/c1-2-3-4-5-17-6-8-18(9-7-17)19-10-12-23(20(14-19)16-25)28-24-13-11-21(26)15-22(24)27/h10-15,17-18H,2-9,26-27H2,1H3. The van der Waals surface area contributed by atoms with Gasteiger partial charge in [0.25, 0.3) is 0 Å². The maximum absolute atomic E-state index is 9.61. The number of nitrogen functional groups attached to an aromatic ring is 2. The first-order chi connectivity index (χ1) is 13.6. The molecule has 0 radical (unpaired) electrons. The van der Waals surface area contributed by atoms with Crippen LogP contribution in [0.5, 0.6) is 11.5 Å². The molecule has 0 aromatic heterocycles. The van der Waals surface area contributed by atoms with Crippen LogP contribution < -0.4 is 16.2 Å². The van der Waals surface area contributed by atoms with E-state index in [9.17, 15) is 5.26 Å². The van der Waals surface area contributed by atoms with Crippen LogP contribution in [0, 0.1) is 17.2 Å². The summed E-state index contributed by atoms with van der Waals surface area (Å²) in [6.07, 6.45) is 10.4. The second-order valence-corrected chi connectivity index (χ2v) is 7.98. The third-order valence-electron chi connectivity index (χ3n) is 5.91. The van der Waals surface area contributed by atoms with Gasteiger partial charge in [-0.25, -0.2) is 0 Å². The zero-order valence-electron chi connectivity index (χ0n) is 16.8. The molecule has 0 amide bonds. The average molecular weight is 378 g/mol. The summed E-state index contributed by atoms with van der Waals surface area (Å²) < 4.78 is 5.90. The zero-order valence-corrected chi connectivity index (χ0v) is 16.8. The van der Waals surface area contributed by atoms with E-state index in [-0.39, 0.29) is 0 Å². The Morgan fingerprint density at radius 3 is 2.43 bits per heavy atom. The van der Waals surface area contributed by atoms with Crippen molar-refractivity contribution in [3.63, 3.8) is 0 Å². The molecular weight excluding hydrogens is 346 g/mol. The molecule has 148 valence electrons. The minimum absolute atomic E-state index is 0.467. The lowest BCUT2D eigenvalue weighted by atomic mass is 9.77. The number of hydrogen-bond acceptors (Lipinski definition) is 4. The molecule has 4 nitrogen and oxygen atoms in total. The van der Waals surface area contributed by atoms with Crippen molar-refractivity contribution in [2.24, 2.45) is 5.92 Å². The van der Waals surface area contributed by atoms with E-state index in [2.05, 4.69) is 19.1 Å². The zero-order chi connectivity index (χ0) is 19.9. The molecule has 28 heavy (non-hydrogen) atoms. The van der Waals surface area contributed by atoms with E-state index >= 15 is 0 Å². The number of unbranched alkanes of at least 4 members (excludes halogenated alkanes) is 2. The summed E-state index contributed by atoms with van der Waals surface area (Å²) in [4.78, 5) is 0. The van der Waals surface area contributed by atoms with Gasteiger partial charge in [-0.15, -0.1) is 0 Å². The van der Waals surface area contributed by atoms with Crippen molar-refractivity contribution in [3.8, 4) is 17.6 Å². The monoisotopic (exact) mass is 377 g/mol. The first-order valence-electron chi connectivity index (χ1n) is 10.5. The number of nitrogens with zero attached hydrogens (tertiary/aromatic N) is 1. The van der Waals surface area contributed by atoms with Gasteiger partial charge in [-0.3, -0.25) is 0 Å². The van der Waals surface area contributed by atoms with Gasteiger partial charge in [-0.05, 0) is 73.4 Å². The molecule has 2 aromatic rings. The first kappa shape index (κ1) is 20.1. The molecule has 1 fully saturated rings. The Hall–Kier alpha value is -2.67. The van der Waals surface area contributed by atoms with Gasteiger partial charge in [0.2, 0.25) is 0 Å². The molecule has 0 heterocycles. The topological polar surface area (TPSA) is 85.1 Å². The van der Waals surface area contributed by atoms with E-state index in [4.69, 9.17) is 16.2 Å². The van der Waals surface area contributed by atoms with E-state index in [1.807, 2.05) is 12.1 Å². The van der Waals surface area contributed by atoms with Gasteiger partial charge in [0.05, 0.1) is 11.3 Å². The number of nitrogens with two attached hydrogens (primary N) is 2. The third-order valence-corrected chi connectivity index (χ3v) is 5.91. The van der Waals surface area contributed by atoms with Gasteiger partial charge in [0, 0.05) is 5.69 Å². The summed E-state index contributed by atoms with van der Waals surface area (Å²) in [7, 11) is 0. The fourth-order valence-corrected chi connectivity index (χ4v) is 4.22. The quantitative estimate of drug-likeness (QED) is 0.434. The highest BCUT2D eigenvalue weighted by Crippen LogP contribution is 2.39. The molecule has 2 aromatic carbocycles. The summed E-state index contributed by atoms with van der Waals surface area (Å²) in [6.45, 7) is 2.26. The number of benzene rings is 2. The van der Waals surface area contributed by atoms with Gasteiger partial charge in [-0.1, -0.05) is 38.7 Å². The fraction of sp³-hybridized carbons (Fsp3) is 0.458. The van der Waals surface area contributed by atoms with E-state index < -0.39 is 0 Å². The van der Waals surface area contributed by atoms with Crippen LogP contribution in [-0.2, 0) is 0 Å². The minimum atomic E-state index is 0.467. The van der Waals surface area contributed by atoms with Crippen molar-refractivity contribution >= 4 is 11.4 Å². The summed E-state index contributed by atoms with van der Waals surface area (Å²) in [5, 5.41) is 9.61.